The summed E-state index contributed by atoms with van der Waals surface area (Å²) in [6.07, 6.45) is 23.7. The lowest BCUT2D eigenvalue weighted by atomic mass is 9.78. The Labute approximate surface area is 153 Å². The summed E-state index contributed by atoms with van der Waals surface area (Å²) < 4.78 is 0. The lowest BCUT2D eigenvalue weighted by molar-refractivity contribution is 0.244. The molecule has 2 fully saturated rings. The topological polar surface area (TPSA) is 58.9 Å². The Morgan fingerprint density at radius 3 is 1.36 bits per heavy atom. The van der Waals surface area contributed by atoms with Crippen molar-refractivity contribution in [2.45, 2.75) is 96.3 Å². The first-order chi connectivity index (χ1) is 12.4. The molecule has 0 aliphatic heterocycles. The number of nitrogens with zero attached hydrogens (tertiary/aromatic N) is 2. The number of hydrogen-bond donors (Lipinski definition) is 0. The van der Waals surface area contributed by atoms with Crippen LogP contribution in [-0.4, -0.2) is 25.2 Å². The van der Waals surface area contributed by atoms with E-state index in [4.69, 9.17) is 0 Å². The molecule has 2 aliphatic rings. The summed E-state index contributed by atoms with van der Waals surface area (Å²) >= 11 is 0. The van der Waals surface area contributed by atoms with E-state index in [2.05, 4.69) is 9.98 Å². The molecule has 0 bridgehead atoms. The van der Waals surface area contributed by atoms with Gasteiger partial charge in [0.25, 0.3) is 0 Å². The maximum atomic E-state index is 9.63. The Morgan fingerprint density at radius 1 is 0.600 bits per heavy atom. The smallest absolute Gasteiger partial charge is 0.211 e. The zero-order valence-corrected chi connectivity index (χ0v) is 15.9. The van der Waals surface area contributed by atoms with E-state index in [1.54, 1.807) is 32.1 Å². The van der Waals surface area contributed by atoms with E-state index >= 15 is 0 Å². The van der Waals surface area contributed by atoms with Crippen molar-refractivity contribution in [3.8, 4) is 0 Å². The highest BCUT2D eigenvalue weighted by atomic mass is 16.1. The third-order valence-corrected chi connectivity index (χ3v) is 5.54. The molecule has 0 unspecified atom stereocenters. The fourth-order valence-electron chi connectivity index (χ4n) is 4.14. The maximum absolute atomic E-state index is 9.63. The molecule has 0 amide bonds. The third kappa shape index (κ3) is 12.7. The number of isocyanates is 2. The summed E-state index contributed by atoms with van der Waals surface area (Å²) in [6, 6.07) is 0. The van der Waals surface area contributed by atoms with Crippen molar-refractivity contribution < 1.29 is 9.59 Å². The van der Waals surface area contributed by atoms with Crippen LogP contribution in [0.15, 0.2) is 9.98 Å². The molecule has 0 saturated heterocycles. The number of unbranched alkanes of at least 4 members (excludes halogenated alkanes) is 3. The molecule has 2 aliphatic carbocycles. The molecule has 4 nitrogen and oxygen atoms in total. The first-order valence-electron chi connectivity index (χ1n) is 10.4. The van der Waals surface area contributed by atoms with Gasteiger partial charge in [0.1, 0.15) is 0 Å². The molecular formula is C21H36N2O2. The van der Waals surface area contributed by atoms with Crippen molar-refractivity contribution in [1.82, 2.24) is 0 Å². The number of aliphatic imine (C=N–C) groups is 2. The first-order valence-corrected chi connectivity index (χ1v) is 10.4. The molecule has 0 spiro atoms. The number of rotatable bonds is 9. The van der Waals surface area contributed by atoms with Crippen molar-refractivity contribution in [1.29, 1.82) is 0 Å². The summed E-state index contributed by atoms with van der Waals surface area (Å²) in [5.41, 5.74) is 0. The van der Waals surface area contributed by atoms with Gasteiger partial charge in [-0.1, -0.05) is 77.0 Å². The zero-order chi connectivity index (χ0) is 18.0. The van der Waals surface area contributed by atoms with E-state index in [1.165, 1.54) is 50.7 Å². The Kier molecular flexibility index (Phi) is 14.2. The second-order valence-corrected chi connectivity index (χ2v) is 7.60. The van der Waals surface area contributed by atoms with E-state index in [0.29, 0.717) is 13.1 Å². The van der Waals surface area contributed by atoms with Crippen LogP contribution in [0.3, 0.4) is 0 Å². The summed E-state index contributed by atoms with van der Waals surface area (Å²) in [5.74, 6) is 2.24. The molecule has 142 valence electrons. The van der Waals surface area contributed by atoms with Gasteiger partial charge >= 0.3 is 0 Å². The zero-order valence-electron chi connectivity index (χ0n) is 15.9. The van der Waals surface area contributed by atoms with Gasteiger partial charge in [0.2, 0.25) is 12.2 Å². The van der Waals surface area contributed by atoms with E-state index < -0.39 is 0 Å². The van der Waals surface area contributed by atoms with E-state index in [0.717, 1.165) is 37.5 Å². The van der Waals surface area contributed by atoms with Crippen molar-refractivity contribution >= 4 is 12.2 Å². The van der Waals surface area contributed by atoms with Crippen LogP contribution in [0.2, 0.25) is 0 Å². The molecule has 4 heteroatoms. The molecule has 0 radical (unpaired) electrons. The van der Waals surface area contributed by atoms with E-state index in [-0.39, 0.29) is 0 Å². The van der Waals surface area contributed by atoms with Crippen LogP contribution in [0, 0.1) is 11.8 Å². The van der Waals surface area contributed by atoms with Crippen LogP contribution < -0.4 is 0 Å². The minimum Gasteiger partial charge on any atom is -0.211 e. The van der Waals surface area contributed by atoms with Crippen molar-refractivity contribution in [2.75, 3.05) is 13.1 Å². The van der Waals surface area contributed by atoms with Gasteiger partial charge in [-0.3, -0.25) is 0 Å². The van der Waals surface area contributed by atoms with Crippen LogP contribution in [0.5, 0.6) is 0 Å². The van der Waals surface area contributed by atoms with Gasteiger partial charge in [-0.05, 0) is 31.1 Å². The molecule has 0 aromatic rings. The van der Waals surface area contributed by atoms with E-state index in [1.807, 2.05) is 0 Å². The van der Waals surface area contributed by atoms with Gasteiger partial charge in [0, 0.05) is 0 Å². The highest BCUT2D eigenvalue weighted by Gasteiger charge is 2.20. The summed E-state index contributed by atoms with van der Waals surface area (Å²) in [5, 5.41) is 0. The molecule has 0 atom stereocenters. The lowest BCUT2D eigenvalue weighted by Gasteiger charge is -2.28. The van der Waals surface area contributed by atoms with Crippen LogP contribution >= 0.6 is 0 Å². The Balaban J connectivity index is 0.000000252. The summed E-state index contributed by atoms with van der Waals surface area (Å²) in [4.78, 5) is 26.1. The van der Waals surface area contributed by atoms with Crippen molar-refractivity contribution in [3.63, 3.8) is 0 Å². The minimum atomic E-state index is 0.556. The molecule has 2 rings (SSSR count). The Hall–Kier alpha value is -1.24. The summed E-state index contributed by atoms with van der Waals surface area (Å²) in [6.45, 7) is 1.11. The average Bonchev–Trinajstić information content (AvgIpc) is 2.66. The Bertz CT molecular complexity index is 362. The fraction of sp³-hybridized carbons (Fsp3) is 0.905. The molecule has 25 heavy (non-hydrogen) atoms. The molecule has 0 heterocycles. The molecule has 2 saturated carbocycles. The predicted molar refractivity (Wildman–Crippen MR) is 102 cm³/mol. The van der Waals surface area contributed by atoms with Gasteiger partial charge in [-0.25, -0.2) is 19.6 Å². The average molecular weight is 349 g/mol. The number of carbonyl (C=O) groups excluding carboxylic acids is 2. The number of hydrogen-bond acceptors (Lipinski definition) is 4. The van der Waals surface area contributed by atoms with Gasteiger partial charge in [0.05, 0.1) is 13.1 Å². The Morgan fingerprint density at radius 2 is 1.00 bits per heavy atom. The molecule has 0 aromatic carbocycles. The lowest BCUT2D eigenvalue weighted by Crippen LogP contribution is -2.14. The fourth-order valence-corrected chi connectivity index (χ4v) is 4.14. The maximum Gasteiger partial charge on any atom is 0.234 e. The van der Waals surface area contributed by atoms with Crippen LogP contribution in [0.1, 0.15) is 96.3 Å². The second kappa shape index (κ2) is 16.2. The van der Waals surface area contributed by atoms with E-state index in [9.17, 15) is 9.59 Å². The highest BCUT2D eigenvalue weighted by molar-refractivity contribution is 5.32. The molecular weight excluding hydrogens is 312 g/mol. The predicted octanol–water partition coefficient (Wildman–Crippen LogP) is 5.76. The normalized spacial score (nSPS) is 18.4. The van der Waals surface area contributed by atoms with Gasteiger partial charge < -0.3 is 0 Å². The van der Waals surface area contributed by atoms with Crippen LogP contribution in [0.4, 0.5) is 0 Å². The van der Waals surface area contributed by atoms with Gasteiger partial charge in [-0.2, -0.15) is 0 Å². The van der Waals surface area contributed by atoms with Crippen LogP contribution in [0.25, 0.3) is 0 Å². The molecule has 0 aromatic heterocycles. The first kappa shape index (κ1) is 21.8. The summed E-state index contributed by atoms with van der Waals surface area (Å²) in [7, 11) is 0. The minimum absolute atomic E-state index is 0.556. The van der Waals surface area contributed by atoms with Gasteiger partial charge in [0.15, 0.2) is 0 Å². The largest absolute Gasteiger partial charge is 0.234 e. The van der Waals surface area contributed by atoms with Gasteiger partial charge in [-0.15, -0.1) is 0 Å². The highest BCUT2D eigenvalue weighted by Crippen LogP contribution is 2.34. The molecule has 0 N–H and O–H groups in total. The third-order valence-electron chi connectivity index (χ3n) is 5.54. The quantitative estimate of drug-likeness (QED) is 0.302. The standard InChI is InChI=1S/C13H24.C8H12N2O2/c1-3-7-12(8-4-1)11-13-9-5-2-6-10-13;11-7-9-5-3-1-2-4-6-10-8-12/h12-13H,1-11H2;1-6H2. The van der Waals surface area contributed by atoms with Crippen LogP contribution in [-0.2, 0) is 9.59 Å². The van der Waals surface area contributed by atoms with Crippen molar-refractivity contribution in [2.24, 2.45) is 21.8 Å². The monoisotopic (exact) mass is 348 g/mol. The van der Waals surface area contributed by atoms with Crippen molar-refractivity contribution in [3.05, 3.63) is 0 Å². The second-order valence-electron chi connectivity index (χ2n) is 7.60. The SMILES string of the molecule is C1CCC(CC2CCCCC2)CC1.O=C=NCCCCCCN=C=O.